The Labute approximate surface area is 88.1 Å². The average molecular weight is 242 g/mol. The van der Waals surface area contributed by atoms with Gasteiger partial charge in [-0.15, -0.1) is 0 Å². The van der Waals surface area contributed by atoms with E-state index in [2.05, 4.69) is 15.0 Å². The second-order valence-corrected chi connectivity index (χ2v) is 3.07. The first-order chi connectivity index (χ1) is 6.78. The summed E-state index contributed by atoms with van der Waals surface area (Å²) in [7, 11) is 1.18. The largest absolute Gasteiger partial charge is 0.406 e. The highest BCUT2D eigenvalue weighted by molar-refractivity contribution is 6.28. The molecule has 0 aliphatic carbocycles. The Morgan fingerprint density at radius 1 is 1.33 bits per heavy atom. The summed E-state index contributed by atoms with van der Waals surface area (Å²) in [5, 5.41) is -0.244. The number of halogens is 4. The van der Waals surface area contributed by atoms with Crippen molar-refractivity contribution in [2.24, 2.45) is 0 Å². The van der Waals surface area contributed by atoms with Crippen LogP contribution in [0.2, 0.25) is 5.28 Å². The summed E-state index contributed by atoms with van der Waals surface area (Å²) in [6.45, 7) is -1.19. The zero-order valence-corrected chi connectivity index (χ0v) is 8.34. The molecule has 0 spiro atoms. The first kappa shape index (κ1) is 11.8. The third-order valence-electron chi connectivity index (χ3n) is 1.37. The van der Waals surface area contributed by atoms with Crippen LogP contribution in [0.4, 0.5) is 25.1 Å². The standard InChI is InChI=1S/C6H7ClF3N5/c1-15(2-6(8,9)10)5-13-3(7)12-4(11)14-5/h2H2,1H3,(H2,11,12,13,14). The maximum absolute atomic E-state index is 12.0. The van der Waals surface area contributed by atoms with Gasteiger partial charge < -0.3 is 10.6 Å². The Balaban J connectivity index is 2.86. The molecule has 0 amide bonds. The van der Waals surface area contributed by atoms with E-state index in [9.17, 15) is 13.2 Å². The van der Waals surface area contributed by atoms with Crippen molar-refractivity contribution in [2.75, 3.05) is 24.2 Å². The average Bonchev–Trinajstić information content (AvgIpc) is 1.98. The normalized spacial score (nSPS) is 11.5. The van der Waals surface area contributed by atoms with Gasteiger partial charge in [0.2, 0.25) is 17.2 Å². The van der Waals surface area contributed by atoms with Crippen molar-refractivity contribution < 1.29 is 13.2 Å². The van der Waals surface area contributed by atoms with Gasteiger partial charge in [0.1, 0.15) is 6.54 Å². The lowest BCUT2D eigenvalue weighted by atomic mass is 10.5. The van der Waals surface area contributed by atoms with Gasteiger partial charge in [-0.1, -0.05) is 0 Å². The summed E-state index contributed by atoms with van der Waals surface area (Å²) < 4.78 is 36.0. The van der Waals surface area contributed by atoms with Crippen LogP contribution in [0.1, 0.15) is 0 Å². The second kappa shape index (κ2) is 4.05. The smallest absolute Gasteiger partial charge is 0.368 e. The molecule has 0 unspecified atom stereocenters. The molecule has 0 bridgehead atoms. The molecule has 0 atom stereocenters. The van der Waals surface area contributed by atoms with Crippen molar-refractivity contribution in [2.45, 2.75) is 6.18 Å². The summed E-state index contributed by atoms with van der Waals surface area (Å²) in [4.78, 5) is 11.2. The first-order valence-electron chi connectivity index (χ1n) is 3.73. The molecule has 0 saturated carbocycles. The number of nitrogens with two attached hydrogens (primary N) is 1. The predicted octanol–water partition coefficient (Wildman–Crippen LogP) is 1.11. The minimum atomic E-state index is -4.34. The van der Waals surface area contributed by atoms with Crippen LogP contribution >= 0.6 is 11.6 Å². The lowest BCUT2D eigenvalue weighted by Crippen LogP contribution is -2.32. The molecule has 15 heavy (non-hydrogen) atoms. The molecule has 84 valence electrons. The number of alkyl halides is 3. The molecule has 0 aliphatic rings. The number of anilines is 2. The van der Waals surface area contributed by atoms with Gasteiger partial charge in [-0.25, -0.2) is 0 Å². The zero-order valence-electron chi connectivity index (χ0n) is 7.59. The lowest BCUT2D eigenvalue weighted by Gasteiger charge is -2.18. The zero-order chi connectivity index (χ0) is 11.6. The Hall–Kier alpha value is -1.31. The fourth-order valence-corrected chi connectivity index (χ4v) is 1.03. The molecule has 0 radical (unpaired) electrons. The van der Waals surface area contributed by atoms with E-state index in [4.69, 9.17) is 17.3 Å². The van der Waals surface area contributed by atoms with E-state index in [-0.39, 0.29) is 17.2 Å². The van der Waals surface area contributed by atoms with E-state index >= 15 is 0 Å². The Morgan fingerprint density at radius 2 is 1.93 bits per heavy atom. The molecule has 0 saturated heterocycles. The maximum Gasteiger partial charge on any atom is 0.406 e. The number of hydrogen-bond donors (Lipinski definition) is 1. The van der Waals surface area contributed by atoms with Crippen LogP contribution in [0.15, 0.2) is 0 Å². The summed E-state index contributed by atoms with van der Waals surface area (Å²) in [5.74, 6) is -0.441. The summed E-state index contributed by atoms with van der Waals surface area (Å²) in [6.07, 6.45) is -4.34. The third-order valence-corrected chi connectivity index (χ3v) is 1.54. The fourth-order valence-electron chi connectivity index (χ4n) is 0.865. The monoisotopic (exact) mass is 241 g/mol. The Bertz CT molecular complexity index is 335. The van der Waals surface area contributed by atoms with Crippen molar-refractivity contribution in [3.05, 3.63) is 5.28 Å². The van der Waals surface area contributed by atoms with E-state index in [0.717, 1.165) is 4.90 Å². The molecule has 0 aromatic carbocycles. The molecule has 2 N–H and O–H groups in total. The van der Waals surface area contributed by atoms with Crippen LogP contribution in [-0.2, 0) is 0 Å². The van der Waals surface area contributed by atoms with Crippen molar-refractivity contribution in [3.8, 4) is 0 Å². The van der Waals surface area contributed by atoms with Gasteiger partial charge >= 0.3 is 6.18 Å². The fraction of sp³-hybridized carbons (Fsp3) is 0.500. The molecular formula is C6H7ClF3N5. The molecule has 1 heterocycles. The Kier molecular flexibility index (Phi) is 3.18. The van der Waals surface area contributed by atoms with E-state index in [0.29, 0.717) is 0 Å². The topological polar surface area (TPSA) is 67.9 Å². The quantitative estimate of drug-likeness (QED) is 0.840. The van der Waals surface area contributed by atoms with Crippen molar-refractivity contribution in [1.29, 1.82) is 0 Å². The van der Waals surface area contributed by atoms with Gasteiger partial charge in [0, 0.05) is 7.05 Å². The number of nitrogens with zero attached hydrogens (tertiary/aromatic N) is 4. The molecule has 1 aromatic heterocycles. The molecule has 1 aromatic rings. The highest BCUT2D eigenvalue weighted by Gasteiger charge is 2.30. The van der Waals surface area contributed by atoms with Gasteiger partial charge in [0.15, 0.2) is 0 Å². The van der Waals surface area contributed by atoms with Crippen LogP contribution in [0.3, 0.4) is 0 Å². The molecular weight excluding hydrogens is 235 g/mol. The van der Waals surface area contributed by atoms with Gasteiger partial charge in [-0.3, -0.25) is 0 Å². The number of aromatic nitrogens is 3. The summed E-state index contributed by atoms with van der Waals surface area (Å²) in [6, 6.07) is 0. The third kappa shape index (κ3) is 3.74. The highest BCUT2D eigenvalue weighted by Crippen LogP contribution is 2.19. The summed E-state index contributed by atoms with van der Waals surface area (Å²) in [5.41, 5.74) is 5.21. The van der Waals surface area contributed by atoms with Crippen molar-refractivity contribution in [3.63, 3.8) is 0 Å². The molecule has 9 heteroatoms. The van der Waals surface area contributed by atoms with Gasteiger partial charge in [0.05, 0.1) is 0 Å². The minimum Gasteiger partial charge on any atom is -0.368 e. The van der Waals surface area contributed by atoms with E-state index < -0.39 is 12.7 Å². The van der Waals surface area contributed by atoms with E-state index in [1.54, 1.807) is 0 Å². The van der Waals surface area contributed by atoms with Gasteiger partial charge in [-0.2, -0.15) is 28.1 Å². The van der Waals surface area contributed by atoms with Crippen LogP contribution in [0.5, 0.6) is 0 Å². The summed E-state index contributed by atoms with van der Waals surface area (Å²) >= 11 is 5.42. The van der Waals surface area contributed by atoms with E-state index in [1.165, 1.54) is 7.05 Å². The number of nitrogen functional groups attached to an aromatic ring is 1. The molecule has 5 nitrogen and oxygen atoms in total. The lowest BCUT2D eigenvalue weighted by molar-refractivity contribution is -0.119. The van der Waals surface area contributed by atoms with Crippen LogP contribution < -0.4 is 10.6 Å². The van der Waals surface area contributed by atoms with Gasteiger partial charge in [0.25, 0.3) is 0 Å². The van der Waals surface area contributed by atoms with Crippen molar-refractivity contribution in [1.82, 2.24) is 15.0 Å². The highest BCUT2D eigenvalue weighted by atomic mass is 35.5. The SMILES string of the molecule is CN(CC(F)(F)F)c1nc(N)nc(Cl)n1. The Morgan fingerprint density at radius 3 is 2.40 bits per heavy atom. The molecule has 0 fully saturated rings. The minimum absolute atomic E-state index is 0.218. The van der Waals surface area contributed by atoms with Crippen molar-refractivity contribution >= 4 is 23.5 Å². The first-order valence-corrected chi connectivity index (χ1v) is 4.10. The number of hydrogen-bond acceptors (Lipinski definition) is 5. The van der Waals surface area contributed by atoms with Crippen LogP contribution in [0.25, 0.3) is 0 Å². The van der Waals surface area contributed by atoms with E-state index in [1.807, 2.05) is 0 Å². The number of rotatable bonds is 2. The van der Waals surface area contributed by atoms with Crippen LogP contribution in [-0.4, -0.2) is 34.7 Å². The van der Waals surface area contributed by atoms with Gasteiger partial charge in [-0.05, 0) is 11.6 Å². The second-order valence-electron chi connectivity index (χ2n) is 2.73. The molecule has 0 aliphatic heterocycles. The molecule has 1 rings (SSSR count). The maximum atomic E-state index is 12.0. The van der Waals surface area contributed by atoms with Crippen LogP contribution in [0, 0.1) is 0 Å². The predicted molar refractivity (Wildman–Crippen MR) is 48.6 cm³/mol.